The van der Waals surface area contributed by atoms with Crippen molar-refractivity contribution in [2.45, 2.75) is 0 Å². The largest absolute Gasteiger partial charge is 0.228 e. The number of allylic oxidation sites excluding steroid dienone is 1. The third-order valence-corrected chi connectivity index (χ3v) is 2.17. The fourth-order valence-electron chi connectivity index (χ4n) is 1.49. The van der Waals surface area contributed by atoms with Crippen molar-refractivity contribution in [3.05, 3.63) is 51.6 Å². The number of fused-ring (bicyclic) bond motifs is 1. The van der Waals surface area contributed by atoms with E-state index in [1.165, 1.54) is 6.20 Å². The Kier molecular flexibility index (Phi) is 1.77. The van der Waals surface area contributed by atoms with Gasteiger partial charge in [-0.05, 0) is 11.2 Å². The molecule has 13 heavy (non-hydrogen) atoms. The van der Waals surface area contributed by atoms with Crippen molar-refractivity contribution in [3.8, 4) is 0 Å². The molecule has 3 nitrogen and oxygen atoms in total. The van der Waals surface area contributed by atoms with Crippen LogP contribution in [0.15, 0.2) is 41.3 Å². The van der Waals surface area contributed by atoms with E-state index in [4.69, 9.17) is 0 Å². The molecule has 0 amide bonds. The Balaban J connectivity index is 2.79. The summed E-state index contributed by atoms with van der Waals surface area (Å²) >= 11 is 0. The third kappa shape index (κ3) is 1.18. The lowest BCUT2D eigenvalue weighted by Crippen LogP contribution is -2.30. The Labute approximate surface area is 75.3 Å². The third-order valence-electron chi connectivity index (χ3n) is 2.17. The van der Waals surface area contributed by atoms with E-state index < -0.39 is 0 Å². The van der Waals surface area contributed by atoms with Gasteiger partial charge in [-0.2, -0.15) is 4.58 Å². The summed E-state index contributed by atoms with van der Waals surface area (Å²) in [4.78, 5) is 10.1. The zero-order chi connectivity index (χ0) is 9.26. The highest BCUT2D eigenvalue weighted by Gasteiger charge is 2.13. The molecule has 0 saturated heterocycles. The van der Waals surface area contributed by atoms with E-state index in [0.29, 0.717) is 0 Å². The Morgan fingerprint density at radius 2 is 2.15 bits per heavy atom. The van der Waals surface area contributed by atoms with Gasteiger partial charge < -0.3 is 0 Å². The van der Waals surface area contributed by atoms with E-state index in [0.717, 1.165) is 16.3 Å². The molecule has 1 heterocycles. The topological polar surface area (TPSA) is 32.4 Å². The molecule has 2 rings (SSSR count). The van der Waals surface area contributed by atoms with Gasteiger partial charge in [0.25, 0.3) is 0 Å². The smallest absolute Gasteiger partial charge is 0.193 e. The van der Waals surface area contributed by atoms with Crippen LogP contribution in [0.1, 0.15) is 0 Å². The first-order valence-electron chi connectivity index (χ1n) is 4.03. The molecule has 0 saturated carbocycles. The first kappa shape index (κ1) is 7.86. The van der Waals surface area contributed by atoms with Gasteiger partial charge in [-0.3, -0.25) is 0 Å². The number of benzene rings is 1. The molecule has 1 aliphatic heterocycles. The van der Waals surface area contributed by atoms with E-state index in [-0.39, 0.29) is 0 Å². The average Bonchev–Trinajstić information content (AvgIpc) is 2.46. The van der Waals surface area contributed by atoms with Crippen molar-refractivity contribution >= 4 is 6.08 Å². The number of para-hydroxylation sites is 1. The summed E-state index contributed by atoms with van der Waals surface area (Å²) in [5, 5.41) is 5.00. The highest BCUT2D eigenvalue weighted by molar-refractivity contribution is 5.49. The molecular weight excluding hydrogens is 164 g/mol. The molecule has 0 aromatic heterocycles. The fraction of sp³-hybridized carbons (Fsp3) is 0.100. The molecule has 0 N–H and O–H groups in total. The highest BCUT2D eigenvalue weighted by Crippen LogP contribution is 1.97. The number of rotatable bonds is 1. The summed E-state index contributed by atoms with van der Waals surface area (Å²) < 4.78 is 1.94. The molecule has 0 radical (unpaired) electrons. The molecule has 0 unspecified atom stereocenters. The maximum Gasteiger partial charge on any atom is 0.228 e. The fourth-order valence-corrected chi connectivity index (χ4v) is 1.49. The van der Waals surface area contributed by atoms with Gasteiger partial charge in [-0.15, -0.1) is 4.91 Å². The molecule has 64 valence electrons. The first-order chi connectivity index (χ1) is 6.33. The summed E-state index contributed by atoms with van der Waals surface area (Å²) in [5.74, 6) is 0. The van der Waals surface area contributed by atoms with Crippen LogP contribution < -0.4 is 15.2 Å². The standard InChI is InChI=1S/C10H9N2O/c1-12-9(7-11-13)6-8-4-2-3-5-10(8)12/h2-7H,1H3/q+1. The predicted molar refractivity (Wildman–Crippen MR) is 51.2 cm³/mol. The Morgan fingerprint density at radius 3 is 2.85 bits per heavy atom. The van der Waals surface area contributed by atoms with Crippen LogP contribution in [0.3, 0.4) is 0 Å². The van der Waals surface area contributed by atoms with Gasteiger partial charge in [0.1, 0.15) is 13.2 Å². The molecule has 1 aromatic rings. The number of nitrogens with zero attached hydrogens (tertiary/aromatic N) is 2. The minimum atomic E-state index is 0.830. The number of hydrogen-bond donors (Lipinski definition) is 0. The van der Waals surface area contributed by atoms with Crippen molar-refractivity contribution in [1.29, 1.82) is 0 Å². The summed E-state index contributed by atoms with van der Waals surface area (Å²) in [6, 6.07) is 7.97. The Bertz CT molecular complexity index is 500. The van der Waals surface area contributed by atoms with Crippen molar-refractivity contribution in [2.24, 2.45) is 5.18 Å². The molecular formula is C10H9N2O+. The van der Waals surface area contributed by atoms with Gasteiger partial charge in [0, 0.05) is 12.1 Å². The first-order valence-corrected chi connectivity index (χ1v) is 4.03. The van der Waals surface area contributed by atoms with Gasteiger partial charge in [0.2, 0.25) is 11.1 Å². The van der Waals surface area contributed by atoms with E-state index in [1.54, 1.807) is 0 Å². The van der Waals surface area contributed by atoms with Crippen LogP contribution in [0.2, 0.25) is 0 Å². The van der Waals surface area contributed by atoms with Gasteiger partial charge in [0.15, 0.2) is 0 Å². The van der Waals surface area contributed by atoms with Crippen LogP contribution in [-0.4, -0.2) is 7.05 Å². The summed E-state index contributed by atoms with van der Waals surface area (Å²) in [7, 11) is 1.92. The lowest BCUT2D eigenvalue weighted by Gasteiger charge is -1.86. The van der Waals surface area contributed by atoms with Crippen molar-refractivity contribution in [1.82, 2.24) is 4.58 Å². The van der Waals surface area contributed by atoms with E-state index in [9.17, 15) is 4.91 Å². The molecule has 1 aliphatic rings. The van der Waals surface area contributed by atoms with Crippen molar-refractivity contribution < 1.29 is 0 Å². The monoisotopic (exact) mass is 173 g/mol. The van der Waals surface area contributed by atoms with E-state index in [2.05, 4.69) is 5.18 Å². The molecule has 0 aliphatic carbocycles. The summed E-state index contributed by atoms with van der Waals surface area (Å²) in [6.07, 6.45) is 3.26. The normalized spacial score (nSPS) is 17.0. The second-order valence-corrected chi connectivity index (χ2v) is 2.92. The lowest BCUT2D eigenvalue weighted by atomic mass is 10.3. The SMILES string of the molecule is C[N+]1=c2ccccc2=C/C1=C/N=O. The van der Waals surface area contributed by atoms with Gasteiger partial charge >= 0.3 is 0 Å². The van der Waals surface area contributed by atoms with Crippen LogP contribution in [0.25, 0.3) is 6.08 Å². The van der Waals surface area contributed by atoms with Gasteiger partial charge in [0.05, 0.1) is 5.22 Å². The number of hydrogen-bond acceptors (Lipinski definition) is 2. The van der Waals surface area contributed by atoms with Crippen molar-refractivity contribution in [2.75, 3.05) is 7.05 Å². The van der Waals surface area contributed by atoms with Crippen molar-refractivity contribution in [3.63, 3.8) is 0 Å². The summed E-state index contributed by atoms with van der Waals surface area (Å²) in [6.45, 7) is 0. The number of nitroso groups, excluding NO2 is 1. The summed E-state index contributed by atoms with van der Waals surface area (Å²) in [5.41, 5.74) is 0.830. The minimum Gasteiger partial charge on any atom is -0.193 e. The minimum absolute atomic E-state index is 0.830. The Morgan fingerprint density at radius 1 is 1.38 bits per heavy atom. The zero-order valence-electron chi connectivity index (χ0n) is 7.27. The maximum atomic E-state index is 10.1. The molecule has 0 atom stereocenters. The van der Waals surface area contributed by atoms with E-state index >= 15 is 0 Å². The van der Waals surface area contributed by atoms with Crippen LogP contribution in [0, 0.1) is 4.91 Å². The molecule has 3 heteroatoms. The molecule has 1 aromatic carbocycles. The highest BCUT2D eigenvalue weighted by atomic mass is 16.2. The van der Waals surface area contributed by atoms with Crippen LogP contribution >= 0.6 is 0 Å². The van der Waals surface area contributed by atoms with E-state index in [1.807, 2.05) is 42.0 Å². The molecule has 0 fully saturated rings. The van der Waals surface area contributed by atoms with Gasteiger partial charge in [-0.25, -0.2) is 0 Å². The average molecular weight is 173 g/mol. The molecule has 0 spiro atoms. The lowest BCUT2D eigenvalue weighted by molar-refractivity contribution is 0.855. The quantitative estimate of drug-likeness (QED) is 0.441. The zero-order valence-corrected chi connectivity index (χ0v) is 7.27. The maximum absolute atomic E-state index is 10.1. The van der Waals surface area contributed by atoms with Gasteiger partial charge in [-0.1, -0.05) is 12.1 Å². The Hall–Kier alpha value is -1.77. The predicted octanol–water partition coefficient (Wildman–Crippen LogP) is 0.209. The molecule has 0 bridgehead atoms. The van der Waals surface area contributed by atoms with Crippen LogP contribution in [0.5, 0.6) is 0 Å². The second kappa shape index (κ2) is 2.94. The second-order valence-electron chi connectivity index (χ2n) is 2.92. The van der Waals surface area contributed by atoms with Crippen LogP contribution in [-0.2, 0) is 0 Å². The van der Waals surface area contributed by atoms with Crippen LogP contribution in [0.4, 0.5) is 0 Å².